The summed E-state index contributed by atoms with van der Waals surface area (Å²) in [7, 11) is 1.67. The van der Waals surface area contributed by atoms with E-state index < -0.39 is 0 Å². The summed E-state index contributed by atoms with van der Waals surface area (Å²) in [6, 6.07) is 12.7. The van der Waals surface area contributed by atoms with Crippen molar-refractivity contribution >= 4 is 11.7 Å². The van der Waals surface area contributed by atoms with Gasteiger partial charge in [-0.25, -0.2) is 4.79 Å². The van der Waals surface area contributed by atoms with Crippen LogP contribution in [-0.4, -0.2) is 39.5 Å². The molecule has 8 heteroatoms. The summed E-state index contributed by atoms with van der Waals surface area (Å²) >= 11 is 0. The Morgan fingerprint density at radius 2 is 2.14 bits per heavy atom. The number of nitrogens with zero attached hydrogens (tertiary/aromatic N) is 4. The van der Waals surface area contributed by atoms with E-state index in [4.69, 9.17) is 4.74 Å². The fourth-order valence-corrected chi connectivity index (χ4v) is 2.87. The molecule has 3 aromatic rings. The van der Waals surface area contributed by atoms with E-state index in [9.17, 15) is 4.79 Å². The second-order valence-corrected chi connectivity index (χ2v) is 6.34. The number of methoxy groups -OCH3 is 1. The molecule has 0 unspecified atom stereocenters. The smallest absolute Gasteiger partial charge is 0.319 e. The first-order valence-corrected chi connectivity index (χ1v) is 9.13. The van der Waals surface area contributed by atoms with Gasteiger partial charge in [-0.3, -0.25) is 4.98 Å². The highest BCUT2D eigenvalue weighted by Crippen LogP contribution is 2.20. The number of hydrogen-bond donors (Lipinski definition) is 2. The summed E-state index contributed by atoms with van der Waals surface area (Å²) in [5.74, 6) is 0.702. The van der Waals surface area contributed by atoms with Crippen LogP contribution in [0.4, 0.5) is 10.5 Å². The number of aromatic nitrogens is 4. The lowest BCUT2D eigenvalue weighted by Gasteiger charge is -2.15. The zero-order valence-electron chi connectivity index (χ0n) is 16.0. The van der Waals surface area contributed by atoms with Gasteiger partial charge in [0.25, 0.3) is 0 Å². The first kappa shape index (κ1) is 19.5. The van der Waals surface area contributed by atoms with Crippen LogP contribution in [-0.2, 0) is 11.3 Å². The van der Waals surface area contributed by atoms with Crippen LogP contribution in [0.15, 0.2) is 55.0 Å². The van der Waals surface area contributed by atoms with Crippen molar-refractivity contribution in [2.75, 3.05) is 19.0 Å². The fraction of sp³-hybridized carbons (Fsp3) is 0.300. The second kappa shape index (κ2) is 9.61. The molecule has 0 spiro atoms. The number of benzene rings is 1. The summed E-state index contributed by atoms with van der Waals surface area (Å²) in [4.78, 5) is 16.8. The van der Waals surface area contributed by atoms with E-state index in [0.29, 0.717) is 18.1 Å². The predicted octanol–water partition coefficient (Wildman–Crippen LogP) is 3.26. The van der Waals surface area contributed by atoms with E-state index in [1.807, 2.05) is 54.0 Å². The molecule has 0 bridgehead atoms. The molecule has 1 atom stereocenters. The van der Waals surface area contributed by atoms with Crippen molar-refractivity contribution in [3.05, 3.63) is 60.8 Å². The minimum Gasteiger partial charge on any atom is -0.385 e. The maximum absolute atomic E-state index is 12.4. The van der Waals surface area contributed by atoms with Gasteiger partial charge in [0.2, 0.25) is 0 Å². The fourth-order valence-electron chi connectivity index (χ4n) is 2.87. The van der Waals surface area contributed by atoms with E-state index in [0.717, 1.165) is 24.2 Å². The maximum Gasteiger partial charge on any atom is 0.319 e. The standard InChI is InChI=1S/C20H24N6O2/c1-15(19-25-22-14-26(19)11-6-12-28-2)23-20(27)24-17-8-5-7-16(13-17)18-9-3-4-10-21-18/h3-5,7-10,13-15H,6,11-12H2,1-2H3,(H2,23,24,27)/t15-/m1/s1. The Morgan fingerprint density at radius 3 is 2.93 bits per heavy atom. The van der Waals surface area contributed by atoms with Gasteiger partial charge in [-0.15, -0.1) is 10.2 Å². The highest BCUT2D eigenvalue weighted by atomic mass is 16.5. The van der Waals surface area contributed by atoms with Crippen molar-refractivity contribution in [2.24, 2.45) is 0 Å². The van der Waals surface area contributed by atoms with Crippen molar-refractivity contribution < 1.29 is 9.53 Å². The first-order chi connectivity index (χ1) is 13.7. The van der Waals surface area contributed by atoms with Crippen LogP contribution in [0.2, 0.25) is 0 Å². The van der Waals surface area contributed by atoms with Gasteiger partial charge < -0.3 is 19.9 Å². The minimum atomic E-state index is -0.308. The summed E-state index contributed by atoms with van der Waals surface area (Å²) < 4.78 is 7.00. The van der Waals surface area contributed by atoms with E-state index in [2.05, 4.69) is 25.8 Å². The molecule has 0 aliphatic heterocycles. The Labute approximate surface area is 164 Å². The molecule has 0 saturated carbocycles. The van der Waals surface area contributed by atoms with Crippen LogP contribution in [0.5, 0.6) is 0 Å². The van der Waals surface area contributed by atoms with Crippen molar-refractivity contribution in [3.8, 4) is 11.3 Å². The number of carbonyl (C=O) groups excluding carboxylic acids is 1. The highest BCUT2D eigenvalue weighted by Gasteiger charge is 2.16. The summed E-state index contributed by atoms with van der Waals surface area (Å²) in [6.45, 7) is 3.27. The van der Waals surface area contributed by atoms with E-state index in [1.54, 1.807) is 19.6 Å². The van der Waals surface area contributed by atoms with Crippen molar-refractivity contribution in [2.45, 2.75) is 25.9 Å². The molecule has 0 radical (unpaired) electrons. The van der Waals surface area contributed by atoms with Crippen LogP contribution >= 0.6 is 0 Å². The van der Waals surface area contributed by atoms with Crippen LogP contribution in [0.1, 0.15) is 25.2 Å². The average molecular weight is 380 g/mol. The molecule has 0 aliphatic rings. The van der Waals surface area contributed by atoms with Gasteiger partial charge >= 0.3 is 6.03 Å². The van der Waals surface area contributed by atoms with Gasteiger partial charge in [0, 0.05) is 37.7 Å². The average Bonchev–Trinajstić information content (AvgIpc) is 3.18. The molecule has 1 aromatic carbocycles. The molecule has 2 amide bonds. The third kappa shape index (κ3) is 5.14. The molecule has 3 rings (SSSR count). The zero-order chi connectivity index (χ0) is 19.8. The summed E-state index contributed by atoms with van der Waals surface area (Å²) in [6.07, 6.45) is 4.25. The normalized spacial score (nSPS) is 11.8. The van der Waals surface area contributed by atoms with E-state index in [1.165, 1.54) is 0 Å². The Kier molecular flexibility index (Phi) is 6.69. The van der Waals surface area contributed by atoms with Gasteiger partial charge in [0.1, 0.15) is 6.33 Å². The number of pyridine rings is 1. The third-order valence-corrected chi connectivity index (χ3v) is 4.21. The lowest BCUT2D eigenvalue weighted by molar-refractivity contribution is 0.189. The number of carbonyl (C=O) groups is 1. The second-order valence-electron chi connectivity index (χ2n) is 6.34. The first-order valence-electron chi connectivity index (χ1n) is 9.13. The molecule has 28 heavy (non-hydrogen) atoms. The Morgan fingerprint density at radius 1 is 1.25 bits per heavy atom. The van der Waals surface area contributed by atoms with Crippen LogP contribution in [0.25, 0.3) is 11.3 Å². The Hall–Kier alpha value is -3.26. The molecule has 2 heterocycles. The topological polar surface area (TPSA) is 94.0 Å². The molecule has 8 nitrogen and oxygen atoms in total. The molecule has 0 aliphatic carbocycles. The molecule has 0 saturated heterocycles. The van der Waals surface area contributed by atoms with E-state index >= 15 is 0 Å². The Balaban J connectivity index is 1.61. The minimum absolute atomic E-state index is 0.288. The highest BCUT2D eigenvalue weighted by molar-refractivity contribution is 5.90. The van der Waals surface area contributed by atoms with Crippen molar-refractivity contribution in [1.29, 1.82) is 0 Å². The molecular formula is C20H24N6O2. The quantitative estimate of drug-likeness (QED) is 0.585. The number of aryl methyl sites for hydroxylation is 1. The molecule has 146 valence electrons. The molecule has 2 aromatic heterocycles. The summed E-state index contributed by atoms with van der Waals surface area (Å²) in [5, 5.41) is 13.8. The lowest BCUT2D eigenvalue weighted by atomic mass is 10.1. The number of hydrogen-bond acceptors (Lipinski definition) is 5. The van der Waals surface area contributed by atoms with Gasteiger partial charge in [0.15, 0.2) is 5.82 Å². The SMILES string of the molecule is COCCCn1cnnc1[C@@H](C)NC(=O)Nc1cccc(-c2ccccn2)c1. The van der Waals surface area contributed by atoms with Crippen molar-refractivity contribution in [3.63, 3.8) is 0 Å². The number of rotatable bonds is 8. The third-order valence-electron chi connectivity index (χ3n) is 4.21. The lowest BCUT2D eigenvalue weighted by Crippen LogP contribution is -2.32. The molecular weight excluding hydrogens is 356 g/mol. The van der Waals surface area contributed by atoms with Gasteiger partial charge in [0.05, 0.1) is 11.7 Å². The zero-order valence-corrected chi connectivity index (χ0v) is 16.0. The largest absolute Gasteiger partial charge is 0.385 e. The van der Waals surface area contributed by atoms with E-state index in [-0.39, 0.29) is 12.1 Å². The predicted molar refractivity (Wildman–Crippen MR) is 107 cm³/mol. The molecule has 0 fully saturated rings. The van der Waals surface area contributed by atoms with Crippen LogP contribution < -0.4 is 10.6 Å². The van der Waals surface area contributed by atoms with Gasteiger partial charge in [-0.05, 0) is 37.6 Å². The van der Waals surface area contributed by atoms with Gasteiger partial charge in [-0.2, -0.15) is 0 Å². The molecule has 2 N–H and O–H groups in total. The number of urea groups is 1. The number of amides is 2. The van der Waals surface area contributed by atoms with Gasteiger partial charge in [-0.1, -0.05) is 18.2 Å². The number of anilines is 1. The van der Waals surface area contributed by atoms with Crippen LogP contribution in [0.3, 0.4) is 0 Å². The summed E-state index contributed by atoms with van der Waals surface area (Å²) in [5.41, 5.74) is 2.47. The number of nitrogens with one attached hydrogen (secondary N) is 2. The number of ether oxygens (including phenoxy) is 1. The Bertz CT molecular complexity index is 896. The van der Waals surface area contributed by atoms with Crippen LogP contribution in [0, 0.1) is 0 Å². The maximum atomic E-state index is 12.4. The monoisotopic (exact) mass is 380 g/mol. The van der Waals surface area contributed by atoms with Crippen molar-refractivity contribution in [1.82, 2.24) is 25.1 Å².